The lowest BCUT2D eigenvalue weighted by atomic mass is 10.2. The minimum Gasteiger partial charge on any atom is -0.480 e. The highest BCUT2D eigenvalue weighted by Gasteiger charge is 2.40. The van der Waals surface area contributed by atoms with Crippen molar-refractivity contribution >= 4 is 12.1 Å². The van der Waals surface area contributed by atoms with Crippen LogP contribution in [0.1, 0.15) is 6.42 Å². The molecule has 2 atom stereocenters. The van der Waals surface area contributed by atoms with Gasteiger partial charge >= 0.3 is 12.1 Å². The quantitative estimate of drug-likeness (QED) is 0.808. The van der Waals surface area contributed by atoms with Gasteiger partial charge in [0.25, 0.3) is 0 Å². The number of aliphatic hydroxyl groups excluding tert-OH is 1. The summed E-state index contributed by atoms with van der Waals surface area (Å²) in [6.45, 7) is -0.0252. The van der Waals surface area contributed by atoms with E-state index >= 15 is 0 Å². The van der Waals surface area contributed by atoms with E-state index in [4.69, 9.17) is 9.84 Å². The third kappa shape index (κ3) is 2.60. The van der Waals surface area contributed by atoms with E-state index in [2.05, 4.69) is 0 Å². The van der Waals surface area contributed by atoms with E-state index < -0.39 is 24.2 Å². The average Bonchev–Trinajstić information content (AvgIpc) is 2.73. The van der Waals surface area contributed by atoms with Crippen molar-refractivity contribution in [2.24, 2.45) is 0 Å². The first-order valence-electron chi connectivity index (χ1n) is 5.52. The van der Waals surface area contributed by atoms with Crippen molar-refractivity contribution in [2.75, 3.05) is 6.54 Å². The number of carbonyl (C=O) groups excluding carboxylic acids is 1. The summed E-state index contributed by atoms with van der Waals surface area (Å²) in [6.07, 6.45) is -1.56. The number of β-amino-alcohol motifs (C(OH)–C–C–N with tert-alkyl or cyclic N) is 1. The number of amides is 1. The zero-order chi connectivity index (χ0) is 13.1. The van der Waals surface area contributed by atoms with Gasteiger partial charge in [-0.1, -0.05) is 18.2 Å². The second kappa shape index (κ2) is 5.05. The predicted octanol–water partition coefficient (Wildman–Crippen LogP) is 0.705. The molecule has 1 aliphatic heterocycles. The van der Waals surface area contributed by atoms with Crippen molar-refractivity contribution in [2.45, 2.75) is 18.6 Å². The number of hydrogen-bond donors (Lipinski definition) is 2. The second-order valence-corrected chi connectivity index (χ2v) is 4.08. The van der Waals surface area contributed by atoms with Gasteiger partial charge in [-0.25, -0.2) is 9.59 Å². The molecule has 0 saturated carbocycles. The van der Waals surface area contributed by atoms with Crippen molar-refractivity contribution in [1.29, 1.82) is 0 Å². The largest absolute Gasteiger partial charge is 0.480 e. The van der Waals surface area contributed by atoms with Crippen LogP contribution in [0.15, 0.2) is 30.3 Å². The van der Waals surface area contributed by atoms with E-state index in [1.165, 1.54) is 0 Å². The molecule has 1 heterocycles. The lowest BCUT2D eigenvalue weighted by Crippen LogP contribution is -2.42. The molecule has 0 aromatic heterocycles. The van der Waals surface area contributed by atoms with Gasteiger partial charge in [-0.3, -0.25) is 4.90 Å². The standard InChI is InChI=1S/C12H13NO5/c14-8-6-10(11(15)16)13(7-8)12(17)18-9-4-2-1-3-5-9/h1-5,8,10,14H,6-7H2,(H,15,16)/t8-,10+/m1/s1. The maximum Gasteiger partial charge on any atom is 0.416 e. The number of para-hydroxylation sites is 1. The number of aliphatic hydroxyl groups is 1. The van der Waals surface area contributed by atoms with Crippen LogP contribution < -0.4 is 4.74 Å². The molecule has 1 aromatic carbocycles. The third-order valence-electron chi connectivity index (χ3n) is 2.75. The van der Waals surface area contributed by atoms with E-state index in [0.717, 1.165) is 4.90 Å². The number of nitrogens with zero attached hydrogens (tertiary/aromatic N) is 1. The Kier molecular flexibility index (Phi) is 3.47. The fourth-order valence-corrected chi connectivity index (χ4v) is 1.90. The first kappa shape index (κ1) is 12.4. The molecule has 0 aliphatic carbocycles. The minimum atomic E-state index is -1.14. The third-order valence-corrected chi connectivity index (χ3v) is 2.75. The summed E-state index contributed by atoms with van der Waals surface area (Å²) in [6, 6.07) is 7.35. The van der Waals surface area contributed by atoms with Crippen LogP contribution in [0.3, 0.4) is 0 Å². The van der Waals surface area contributed by atoms with E-state index in [0.29, 0.717) is 5.75 Å². The summed E-state index contributed by atoms with van der Waals surface area (Å²) in [4.78, 5) is 23.8. The first-order chi connectivity index (χ1) is 8.58. The number of rotatable bonds is 2. The van der Waals surface area contributed by atoms with Crippen molar-refractivity contribution in [3.63, 3.8) is 0 Å². The van der Waals surface area contributed by atoms with Crippen LogP contribution in [0.2, 0.25) is 0 Å². The predicted molar refractivity (Wildman–Crippen MR) is 61.2 cm³/mol. The van der Waals surface area contributed by atoms with E-state index in [1.807, 2.05) is 0 Å². The maximum atomic E-state index is 11.8. The van der Waals surface area contributed by atoms with Crippen LogP contribution in [-0.2, 0) is 4.79 Å². The topological polar surface area (TPSA) is 87.1 Å². The van der Waals surface area contributed by atoms with Crippen LogP contribution in [-0.4, -0.2) is 45.9 Å². The zero-order valence-corrected chi connectivity index (χ0v) is 9.52. The normalized spacial score (nSPS) is 22.8. The fraction of sp³-hybridized carbons (Fsp3) is 0.333. The molecule has 0 radical (unpaired) electrons. The van der Waals surface area contributed by atoms with Gasteiger partial charge in [-0.15, -0.1) is 0 Å². The number of carbonyl (C=O) groups is 2. The van der Waals surface area contributed by atoms with Crippen molar-refractivity contribution in [3.05, 3.63) is 30.3 Å². The molecular weight excluding hydrogens is 238 g/mol. The molecule has 0 bridgehead atoms. The molecule has 1 aliphatic rings. The Morgan fingerprint density at radius 2 is 1.94 bits per heavy atom. The van der Waals surface area contributed by atoms with Crippen LogP contribution in [0.4, 0.5) is 4.79 Å². The van der Waals surface area contributed by atoms with Gasteiger partial charge in [0.1, 0.15) is 11.8 Å². The first-order valence-corrected chi connectivity index (χ1v) is 5.52. The molecule has 1 fully saturated rings. The van der Waals surface area contributed by atoms with Crippen LogP contribution in [0.5, 0.6) is 5.75 Å². The van der Waals surface area contributed by atoms with Gasteiger partial charge in [0.05, 0.1) is 12.6 Å². The number of carboxylic acid groups (broad SMARTS) is 1. The highest BCUT2D eigenvalue weighted by atomic mass is 16.6. The number of ether oxygens (including phenoxy) is 1. The van der Waals surface area contributed by atoms with Gasteiger partial charge in [-0.05, 0) is 12.1 Å². The van der Waals surface area contributed by atoms with Crippen LogP contribution >= 0.6 is 0 Å². The number of benzene rings is 1. The molecule has 1 amide bonds. The van der Waals surface area contributed by atoms with E-state index in [1.54, 1.807) is 30.3 Å². The molecule has 2 N–H and O–H groups in total. The average molecular weight is 251 g/mol. The zero-order valence-electron chi connectivity index (χ0n) is 9.52. The minimum absolute atomic E-state index is 0.0252. The van der Waals surface area contributed by atoms with Crippen molar-refractivity contribution in [3.8, 4) is 5.75 Å². The molecule has 2 rings (SSSR count). The Hall–Kier alpha value is -2.08. The Morgan fingerprint density at radius 3 is 2.56 bits per heavy atom. The Labute approximate surface area is 103 Å². The van der Waals surface area contributed by atoms with Gasteiger partial charge < -0.3 is 14.9 Å². The fourth-order valence-electron chi connectivity index (χ4n) is 1.90. The SMILES string of the molecule is O=C(O)[C@@H]1C[C@@H](O)CN1C(=O)Oc1ccccc1. The molecule has 0 unspecified atom stereocenters. The summed E-state index contributed by atoms with van der Waals surface area (Å²) in [5.74, 6) is -0.801. The Morgan fingerprint density at radius 1 is 1.28 bits per heavy atom. The number of likely N-dealkylation sites (tertiary alicyclic amines) is 1. The maximum absolute atomic E-state index is 11.8. The summed E-state index contributed by atoms with van der Waals surface area (Å²) >= 11 is 0. The lowest BCUT2D eigenvalue weighted by Gasteiger charge is -2.20. The van der Waals surface area contributed by atoms with Gasteiger partial charge in [0.15, 0.2) is 0 Å². The summed E-state index contributed by atoms with van der Waals surface area (Å²) in [5, 5.41) is 18.4. The highest BCUT2D eigenvalue weighted by molar-refractivity contribution is 5.81. The molecule has 6 heteroatoms. The van der Waals surface area contributed by atoms with Gasteiger partial charge in [-0.2, -0.15) is 0 Å². The number of aliphatic carboxylic acids is 1. The second-order valence-electron chi connectivity index (χ2n) is 4.08. The smallest absolute Gasteiger partial charge is 0.416 e. The van der Waals surface area contributed by atoms with Crippen LogP contribution in [0, 0.1) is 0 Å². The Bertz CT molecular complexity index is 447. The number of hydrogen-bond acceptors (Lipinski definition) is 4. The molecular formula is C12H13NO5. The van der Waals surface area contributed by atoms with Gasteiger partial charge in [0, 0.05) is 6.42 Å². The molecule has 0 spiro atoms. The summed E-state index contributed by atoms with van der Waals surface area (Å²) < 4.78 is 5.04. The van der Waals surface area contributed by atoms with E-state index in [9.17, 15) is 14.7 Å². The molecule has 18 heavy (non-hydrogen) atoms. The van der Waals surface area contributed by atoms with E-state index in [-0.39, 0.29) is 13.0 Å². The molecule has 6 nitrogen and oxygen atoms in total. The number of carboxylic acids is 1. The molecule has 1 aromatic rings. The van der Waals surface area contributed by atoms with Gasteiger partial charge in [0.2, 0.25) is 0 Å². The van der Waals surface area contributed by atoms with Crippen molar-refractivity contribution in [1.82, 2.24) is 4.90 Å². The molecule has 1 saturated heterocycles. The highest BCUT2D eigenvalue weighted by Crippen LogP contribution is 2.20. The summed E-state index contributed by atoms with van der Waals surface area (Å²) in [5.41, 5.74) is 0. The Balaban J connectivity index is 2.06. The molecule has 96 valence electrons. The van der Waals surface area contributed by atoms with Crippen LogP contribution in [0.25, 0.3) is 0 Å². The summed E-state index contributed by atoms with van der Waals surface area (Å²) in [7, 11) is 0. The lowest BCUT2D eigenvalue weighted by molar-refractivity contribution is -0.141. The monoisotopic (exact) mass is 251 g/mol. The van der Waals surface area contributed by atoms with Crippen molar-refractivity contribution < 1.29 is 24.5 Å².